The number of hydrogen-bond acceptors (Lipinski definition) is 0. The fraction of sp³-hybridized carbons (Fsp3) is 0.500. The Hall–Kier alpha value is 0.190. The Kier molecular flexibility index (Phi) is 3.45. The summed E-state index contributed by atoms with van der Waals surface area (Å²) in [6, 6.07) is 0. The monoisotopic (exact) mass is 254 g/mol. The molecule has 0 aliphatic heterocycles. The van der Waals surface area contributed by atoms with Crippen molar-refractivity contribution in [2.24, 2.45) is 0 Å². The highest BCUT2D eigenvalue weighted by Gasteiger charge is 2.37. The molecule has 0 N–H and O–H groups in total. The van der Waals surface area contributed by atoms with Gasteiger partial charge in [0.1, 0.15) is 0 Å². The minimum Gasteiger partial charge on any atom is -0.203 e. The van der Waals surface area contributed by atoms with Crippen molar-refractivity contribution in [1.29, 1.82) is 0 Å². The maximum atomic E-state index is 11.7. The predicted molar refractivity (Wildman–Crippen MR) is 34.1 cm³/mol. The van der Waals surface area contributed by atoms with Gasteiger partial charge in [0.25, 0.3) is 0 Å². The zero-order chi connectivity index (χ0) is 7.49. The van der Waals surface area contributed by atoms with Gasteiger partial charge in [-0.1, -0.05) is 22.6 Å². The van der Waals surface area contributed by atoms with E-state index in [0.29, 0.717) is 0 Å². The second-order valence-electron chi connectivity index (χ2n) is 1.27. The molecule has 5 heteroatoms. The average Bonchev–Trinajstić information content (AvgIpc) is 1.65. The van der Waals surface area contributed by atoms with Crippen molar-refractivity contribution in [3.05, 3.63) is 10.2 Å². The largest absolute Gasteiger partial charge is 0.326 e. The third-order valence-corrected chi connectivity index (χ3v) is 0.936. The predicted octanol–water partition coefficient (Wildman–Crippen LogP) is 2.84. The summed E-state index contributed by atoms with van der Waals surface area (Å²) >= 11 is 1.45. The van der Waals surface area contributed by atoms with Crippen molar-refractivity contribution in [3.63, 3.8) is 0 Å². The van der Waals surface area contributed by atoms with Gasteiger partial charge >= 0.3 is 12.3 Å². The molecule has 0 spiro atoms. The third-order valence-electron chi connectivity index (χ3n) is 0.576. The number of allylic oxidation sites excluding steroid dienone is 1. The normalized spacial score (nSPS) is 13.6. The van der Waals surface area contributed by atoms with E-state index in [-0.39, 0.29) is 6.08 Å². The minimum atomic E-state index is -3.97. The highest BCUT2D eigenvalue weighted by molar-refractivity contribution is 14.1. The van der Waals surface area contributed by atoms with Gasteiger partial charge in [0.15, 0.2) is 0 Å². The maximum Gasteiger partial charge on any atom is 0.326 e. The van der Waals surface area contributed by atoms with E-state index in [4.69, 9.17) is 0 Å². The van der Waals surface area contributed by atoms with E-state index in [1.807, 2.05) is 0 Å². The molecule has 0 heterocycles. The van der Waals surface area contributed by atoms with Crippen LogP contribution in [0.15, 0.2) is 10.2 Å². The van der Waals surface area contributed by atoms with Crippen molar-refractivity contribution in [2.75, 3.05) is 0 Å². The van der Waals surface area contributed by atoms with E-state index in [0.717, 1.165) is 4.08 Å². The molecular formula is C4H3F4I. The molecule has 54 valence electrons. The summed E-state index contributed by atoms with van der Waals surface area (Å²) in [7, 11) is 0. The molecule has 0 aromatic heterocycles. The van der Waals surface area contributed by atoms with Crippen LogP contribution in [0.5, 0.6) is 0 Å². The molecule has 0 saturated heterocycles. The quantitative estimate of drug-likeness (QED) is 0.525. The van der Waals surface area contributed by atoms with Crippen LogP contribution >= 0.6 is 22.6 Å². The molecule has 0 aliphatic carbocycles. The summed E-state index contributed by atoms with van der Waals surface area (Å²) in [5, 5.41) is 0. The topological polar surface area (TPSA) is 0 Å². The van der Waals surface area contributed by atoms with E-state index in [1.54, 1.807) is 0 Å². The van der Waals surface area contributed by atoms with E-state index in [1.165, 1.54) is 22.6 Å². The lowest BCUT2D eigenvalue weighted by Crippen LogP contribution is -2.22. The van der Waals surface area contributed by atoms with Crippen LogP contribution in [-0.4, -0.2) is 12.3 Å². The molecule has 0 aliphatic rings. The highest BCUT2D eigenvalue weighted by atomic mass is 127. The fourth-order valence-electron chi connectivity index (χ4n) is 0.157. The number of alkyl halides is 4. The lowest BCUT2D eigenvalue weighted by atomic mass is 10.3. The Balaban J connectivity index is 4.01. The van der Waals surface area contributed by atoms with Crippen LogP contribution in [-0.2, 0) is 0 Å². The molecule has 0 bridgehead atoms. The molecule has 0 unspecified atom stereocenters. The summed E-state index contributed by atoms with van der Waals surface area (Å²) in [5.41, 5.74) is 0. The average molecular weight is 254 g/mol. The molecule has 0 atom stereocenters. The maximum absolute atomic E-state index is 11.7. The summed E-state index contributed by atoms with van der Waals surface area (Å²) in [6.45, 7) is 0. The van der Waals surface area contributed by atoms with E-state index >= 15 is 0 Å². The fourth-order valence-corrected chi connectivity index (χ4v) is 0.636. The first kappa shape index (κ1) is 9.19. The van der Waals surface area contributed by atoms with Gasteiger partial charge < -0.3 is 0 Å². The second-order valence-corrected chi connectivity index (χ2v) is 1.99. The second kappa shape index (κ2) is 3.38. The Bertz CT molecular complexity index is 109. The number of hydrogen-bond donors (Lipinski definition) is 0. The molecule has 0 amide bonds. The zero-order valence-corrected chi connectivity index (χ0v) is 6.28. The van der Waals surface area contributed by atoms with Crippen LogP contribution in [0.2, 0.25) is 0 Å². The Morgan fingerprint density at radius 1 is 1.33 bits per heavy atom. The smallest absolute Gasteiger partial charge is 0.203 e. The summed E-state index contributed by atoms with van der Waals surface area (Å²) in [6.07, 6.45) is -3.44. The standard InChI is InChI=1S/C4H3F4I/c5-3(6)4(7,8)1-2-9/h1-3H. The van der Waals surface area contributed by atoms with Gasteiger partial charge in [-0.05, 0) is 10.2 Å². The van der Waals surface area contributed by atoms with Crippen LogP contribution in [0, 0.1) is 0 Å². The van der Waals surface area contributed by atoms with Gasteiger partial charge in [-0.15, -0.1) is 0 Å². The third kappa shape index (κ3) is 3.02. The Labute approximate surface area is 63.1 Å². The van der Waals surface area contributed by atoms with E-state index in [9.17, 15) is 17.6 Å². The van der Waals surface area contributed by atoms with E-state index in [2.05, 4.69) is 0 Å². The van der Waals surface area contributed by atoms with Gasteiger partial charge in [0.2, 0.25) is 0 Å². The van der Waals surface area contributed by atoms with Gasteiger partial charge in [-0.2, -0.15) is 8.78 Å². The lowest BCUT2D eigenvalue weighted by Gasteiger charge is -2.07. The van der Waals surface area contributed by atoms with Gasteiger partial charge in [-0.3, -0.25) is 0 Å². The number of rotatable bonds is 2. The van der Waals surface area contributed by atoms with Gasteiger partial charge in [0.05, 0.1) is 0 Å². The Morgan fingerprint density at radius 2 is 1.78 bits per heavy atom. The molecule has 0 aromatic carbocycles. The van der Waals surface area contributed by atoms with Crippen LogP contribution in [0.3, 0.4) is 0 Å². The molecule has 9 heavy (non-hydrogen) atoms. The molecule has 0 aromatic rings. The van der Waals surface area contributed by atoms with Crippen molar-refractivity contribution < 1.29 is 17.6 Å². The van der Waals surface area contributed by atoms with Gasteiger partial charge in [0, 0.05) is 0 Å². The molecule has 0 nitrogen and oxygen atoms in total. The molecule has 0 saturated carbocycles. The van der Waals surface area contributed by atoms with Crippen LogP contribution in [0.1, 0.15) is 0 Å². The van der Waals surface area contributed by atoms with Crippen molar-refractivity contribution >= 4 is 22.6 Å². The van der Waals surface area contributed by atoms with Crippen LogP contribution in [0.25, 0.3) is 0 Å². The highest BCUT2D eigenvalue weighted by Crippen LogP contribution is 2.24. The molecular weight excluding hydrogens is 251 g/mol. The van der Waals surface area contributed by atoms with Crippen molar-refractivity contribution in [3.8, 4) is 0 Å². The first-order valence-corrected chi connectivity index (χ1v) is 3.19. The van der Waals surface area contributed by atoms with Crippen LogP contribution < -0.4 is 0 Å². The van der Waals surface area contributed by atoms with Crippen molar-refractivity contribution in [1.82, 2.24) is 0 Å². The van der Waals surface area contributed by atoms with E-state index < -0.39 is 12.3 Å². The summed E-state index contributed by atoms with van der Waals surface area (Å²) in [5.74, 6) is -3.97. The first-order valence-electron chi connectivity index (χ1n) is 1.94. The minimum absolute atomic E-state index is 0.165. The summed E-state index contributed by atoms with van der Waals surface area (Å²) < 4.78 is 46.7. The molecule has 0 radical (unpaired) electrons. The van der Waals surface area contributed by atoms with Gasteiger partial charge in [-0.25, -0.2) is 8.78 Å². The number of halogens is 5. The first-order chi connectivity index (χ1) is 4.00. The summed E-state index contributed by atoms with van der Waals surface area (Å²) in [4.78, 5) is 0. The molecule has 0 rings (SSSR count). The SMILES string of the molecule is FC(F)C(F)(F)C=CI. The van der Waals surface area contributed by atoms with Crippen LogP contribution in [0.4, 0.5) is 17.6 Å². The van der Waals surface area contributed by atoms with Crippen molar-refractivity contribution in [2.45, 2.75) is 12.3 Å². The lowest BCUT2D eigenvalue weighted by molar-refractivity contribution is -0.0904. The zero-order valence-electron chi connectivity index (χ0n) is 4.12. The Morgan fingerprint density at radius 3 is 1.89 bits per heavy atom. The molecule has 0 fully saturated rings.